The van der Waals surface area contributed by atoms with E-state index in [4.69, 9.17) is 5.11 Å². The Balaban J connectivity index is 1.75. The molecule has 3 atom stereocenters. The van der Waals surface area contributed by atoms with Crippen molar-refractivity contribution < 1.29 is 13.9 Å². The third-order valence-electron chi connectivity index (χ3n) is 3.22. The molecule has 2 aliphatic rings. The molecule has 0 spiro atoms. The lowest BCUT2D eigenvalue weighted by Crippen LogP contribution is -2.51. The lowest BCUT2D eigenvalue weighted by molar-refractivity contribution is -0.0538. The molecule has 2 aliphatic carbocycles. The first kappa shape index (κ1) is 10.1. The van der Waals surface area contributed by atoms with Gasteiger partial charge < -0.3 is 10.4 Å². The van der Waals surface area contributed by atoms with Crippen molar-refractivity contribution in [2.75, 3.05) is 13.2 Å². The second-order valence-electron chi connectivity index (χ2n) is 4.24. The van der Waals surface area contributed by atoms with Gasteiger partial charge in [0.15, 0.2) is 0 Å². The number of hydrogen-bond acceptors (Lipinski definition) is 2. The molecule has 0 aromatic rings. The first-order chi connectivity index (χ1) is 6.62. The smallest absolute Gasteiger partial charge is 0.282 e. The molecular weight excluding hydrogens is 188 g/mol. The van der Waals surface area contributed by atoms with Gasteiger partial charge in [-0.3, -0.25) is 0 Å². The van der Waals surface area contributed by atoms with Gasteiger partial charge in [-0.15, -0.1) is 0 Å². The van der Waals surface area contributed by atoms with E-state index in [1.165, 1.54) is 0 Å². The summed E-state index contributed by atoms with van der Waals surface area (Å²) in [5, 5.41) is 11.2. The molecule has 0 aliphatic heterocycles. The summed E-state index contributed by atoms with van der Waals surface area (Å²) in [5.74, 6) is -1.85. The minimum atomic E-state index is -2.98. The Kier molecular flexibility index (Phi) is 2.58. The molecule has 0 heterocycles. The number of allylic oxidation sites excluding steroid dienone is 1. The zero-order valence-electron chi connectivity index (χ0n) is 7.92. The van der Waals surface area contributed by atoms with Crippen molar-refractivity contribution in [3.63, 3.8) is 0 Å². The largest absolute Gasteiger partial charge is 0.390 e. The number of fused-ring (bicyclic) bond motifs is 1. The van der Waals surface area contributed by atoms with Crippen LogP contribution in [0.15, 0.2) is 12.2 Å². The molecule has 0 amide bonds. The van der Waals surface area contributed by atoms with Crippen molar-refractivity contribution >= 4 is 0 Å². The lowest BCUT2D eigenvalue weighted by Gasteiger charge is -2.41. The van der Waals surface area contributed by atoms with Crippen molar-refractivity contribution in [1.82, 2.24) is 5.32 Å². The molecule has 0 bridgehead atoms. The van der Waals surface area contributed by atoms with Crippen molar-refractivity contribution in [3.8, 4) is 0 Å². The Morgan fingerprint density at radius 2 is 2.29 bits per heavy atom. The fourth-order valence-corrected chi connectivity index (χ4v) is 2.28. The van der Waals surface area contributed by atoms with Gasteiger partial charge in [0.05, 0.1) is 6.54 Å². The van der Waals surface area contributed by atoms with E-state index < -0.39 is 19.1 Å². The van der Waals surface area contributed by atoms with Crippen LogP contribution in [0.2, 0.25) is 0 Å². The maximum Gasteiger partial charge on any atom is 0.282 e. The molecule has 0 saturated heterocycles. The molecule has 80 valence electrons. The van der Waals surface area contributed by atoms with Gasteiger partial charge in [0.1, 0.15) is 6.61 Å². The molecule has 2 N–H and O–H groups in total. The molecule has 2 rings (SSSR count). The molecule has 2 nitrogen and oxygen atoms in total. The average molecular weight is 203 g/mol. The highest BCUT2D eigenvalue weighted by Crippen LogP contribution is 2.42. The first-order valence-corrected chi connectivity index (χ1v) is 5.01. The molecular formula is C10H15F2NO. The van der Waals surface area contributed by atoms with Crippen LogP contribution < -0.4 is 5.32 Å². The van der Waals surface area contributed by atoms with E-state index in [9.17, 15) is 8.78 Å². The van der Waals surface area contributed by atoms with Crippen LogP contribution in [0.3, 0.4) is 0 Å². The second kappa shape index (κ2) is 3.59. The Labute approximate surface area is 82.0 Å². The molecule has 1 fully saturated rings. The predicted octanol–water partition coefficient (Wildman–Crippen LogP) is 1.17. The van der Waals surface area contributed by atoms with Crippen molar-refractivity contribution in [2.24, 2.45) is 11.8 Å². The van der Waals surface area contributed by atoms with Crippen molar-refractivity contribution in [2.45, 2.75) is 24.8 Å². The summed E-state index contributed by atoms with van der Waals surface area (Å²) in [6.07, 6.45) is 6.32. The van der Waals surface area contributed by atoms with E-state index in [1.54, 1.807) is 0 Å². The van der Waals surface area contributed by atoms with Crippen LogP contribution in [0, 0.1) is 11.8 Å². The predicted molar refractivity (Wildman–Crippen MR) is 49.2 cm³/mol. The Hall–Kier alpha value is -0.480. The van der Waals surface area contributed by atoms with E-state index in [0.29, 0.717) is 11.8 Å². The lowest BCUT2D eigenvalue weighted by atomic mass is 9.71. The van der Waals surface area contributed by atoms with Crippen LogP contribution in [0.25, 0.3) is 0 Å². The fourth-order valence-electron chi connectivity index (χ4n) is 2.28. The number of rotatable bonds is 4. The van der Waals surface area contributed by atoms with E-state index in [-0.39, 0.29) is 6.04 Å². The van der Waals surface area contributed by atoms with Crippen molar-refractivity contribution in [1.29, 1.82) is 0 Å². The van der Waals surface area contributed by atoms with Gasteiger partial charge in [0.2, 0.25) is 0 Å². The third kappa shape index (κ3) is 1.81. The first-order valence-electron chi connectivity index (χ1n) is 5.01. The molecule has 0 radical (unpaired) electrons. The molecule has 3 unspecified atom stereocenters. The fraction of sp³-hybridized carbons (Fsp3) is 0.800. The van der Waals surface area contributed by atoms with Crippen molar-refractivity contribution in [3.05, 3.63) is 12.2 Å². The number of nitrogens with one attached hydrogen (secondary N) is 1. The Morgan fingerprint density at radius 1 is 1.50 bits per heavy atom. The summed E-state index contributed by atoms with van der Waals surface area (Å²) in [4.78, 5) is 0. The number of hydrogen-bond donors (Lipinski definition) is 2. The summed E-state index contributed by atoms with van der Waals surface area (Å²) < 4.78 is 25.4. The second-order valence-corrected chi connectivity index (χ2v) is 4.24. The Bertz CT molecular complexity index is 242. The van der Waals surface area contributed by atoms with Gasteiger partial charge >= 0.3 is 0 Å². The van der Waals surface area contributed by atoms with Gasteiger partial charge in [-0.2, -0.15) is 0 Å². The number of alkyl halides is 2. The number of halogens is 2. The topological polar surface area (TPSA) is 32.3 Å². The maximum atomic E-state index is 12.7. The van der Waals surface area contributed by atoms with Gasteiger partial charge in [-0.1, -0.05) is 12.2 Å². The van der Waals surface area contributed by atoms with Gasteiger partial charge in [0, 0.05) is 6.04 Å². The highest BCUT2D eigenvalue weighted by molar-refractivity contribution is 5.12. The minimum absolute atomic E-state index is 0.191. The summed E-state index contributed by atoms with van der Waals surface area (Å²) in [7, 11) is 0. The van der Waals surface area contributed by atoms with E-state index >= 15 is 0 Å². The van der Waals surface area contributed by atoms with Crippen LogP contribution in [-0.4, -0.2) is 30.2 Å². The standard InChI is InChI=1S/C10H15F2NO/c11-10(12,6-14)5-13-9-4-7-2-1-3-8(7)9/h1,3,7-9,13-14H,2,4-6H2. The zero-order valence-corrected chi connectivity index (χ0v) is 7.92. The van der Waals surface area contributed by atoms with Gasteiger partial charge in [-0.05, 0) is 24.7 Å². The summed E-state index contributed by atoms with van der Waals surface area (Å²) in [6.45, 7) is -1.48. The molecule has 0 aromatic carbocycles. The SMILES string of the molecule is OCC(F)(F)CNC1CC2CC=CC21. The van der Waals surface area contributed by atoms with Crippen LogP contribution in [0.5, 0.6) is 0 Å². The molecule has 14 heavy (non-hydrogen) atoms. The average Bonchev–Trinajstić information content (AvgIpc) is 2.48. The summed E-state index contributed by atoms with van der Waals surface area (Å²) >= 11 is 0. The maximum absolute atomic E-state index is 12.7. The summed E-state index contributed by atoms with van der Waals surface area (Å²) in [5.41, 5.74) is 0. The van der Waals surface area contributed by atoms with Crippen LogP contribution >= 0.6 is 0 Å². The van der Waals surface area contributed by atoms with Crippen LogP contribution in [0.1, 0.15) is 12.8 Å². The molecule has 1 saturated carbocycles. The quantitative estimate of drug-likeness (QED) is 0.672. The van der Waals surface area contributed by atoms with Gasteiger partial charge in [0.25, 0.3) is 5.92 Å². The highest BCUT2D eigenvalue weighted by atomic mass is 19.3. The van der Waals surface area contributed by atoms with E-state index in [0.717, 1.165) is 12.8 Å². The zero-order chi connectivity index (χ0) is 10.2. The number of aliphatic hydroxyl groups is 1. The van der Waals surface area contributed by atoms with Gasteiger partial charge in [-0.25, -0.2) is 8.78 Å². The number of aliphatic hydroxyl groups excluding tert-OH is 1. The monoisotopic (exact) mass is 203 g/mol. The molecule has 4 heteroatoms. The minimum Gasteiger partial charge on any atom is -0.390 e. The Morgan fingerprint density at radius 3 is 2.93 bits per heavy atom. The highest BCUT2D eigenvalue weighted by Gasteiger charge is 2.42. The third-order valence-corrected chi connectivity index (χ3v) is 3.22. The normalized spacial score (nSPS) is 35.5. The van der Waals surface area contributed by atoms with E-state index in [1.807, 2.05) is 0 Å². The summed E-state index contributed by atoms with van der Waals surface area (Å²) in [6, 6.07) is 0.191. The van der Waals surface area contributed by atoms with Crippen LogP contribution in [-0.2, 0) is 0 Å². The van der Waals surface area contributed by atoms with Crippen LogP contribution in [0.4, 0.5) is 8.78 Å². The van der Waals surface area contributed by atoms with E-state index in [2.05, 4.69) is 17.5 Å². The molecule has 0 aromatic heterocycles.